The average molecular weight is 415 g/mol. The maximum absolute atomic E-state index is 13.4. The summed E-state index contributed by atoms with van der Waals surface area (Å²) in [4.78, 5) is 12.9. The van der Waals surface area contributed by atoms with Gasteiger partial charge in [0.2, 0.25) is 0 Å². The van der Waals surface area contributed by atoms with Crippen molar-refractivity contribution in [3.05, 3.63) is 70.6 Å². The van der Waals surface area contributed by atoms with E-state index in [-0.39, 0.29) is 11.4 Å². The monoisotopic (exact) mass is 414 g/mol. The summed E-state index contributed by atoms with van der Waals surface area (Å²) in [6.07, 6.45) is 0.613. The molecule has 0 saturated heterocycles. The van der Waals surface area contributed by atoms with Crippen molar-refractivity contribution in [1.82, 2.24) is 5.32 Å². The zero-order valence-electron chi connectivity index (χ0n) is 16.7. The minimum atomic E-state index is -4.00. The number of para-hydroxylation sites is 1. The second-order valence-corrected chi connectivity index (χ2v) is 8.36. The molecule has 0 radical (unpaired) electrons. The van der Waals surface area contributed by atoms with E-state index in [4.69, 9.17) is 4.74 Å². The van der Waals surface area contributed by atoms with Crippen LogP contribution in [0, 0.1) is 0 Å². The Hall–Kier alpha value is -2.64. The fourth-order valence-electron chi connectivity index (χ4n) is 3.46. The Labute approximate surface area is 172 Å². The van der Waals surface area contributed by atoms with Gasteiger partial charge in [-0.05, 0) is 31.9 Å². The lowest BCUT2D eigenvalue weighted by Gasteiger charge is -2.32. The minimum absolute atomic E-state index is 0.208. The molecule has 2 aromatic carbocycles. The normalized spacial score (nSPS) is 15.2. The van der Waals surface area contributed by atoms with E-state index < -0.39 is 15.9 Å². The number of amides is 1. The third-order valence-electron chi connectivity index (χ3n) is 4.73. The molecule has 6 nitrogen and oxygen atoms in total. The van der Waals surface area contributed by atoms with Crippen LogP contribution in [0.25, 0.3) is 5.57 Å². The third-order valence-corrected chi connectivity index (χ3v) is 6.67. The molecule has 2 aromatic rings. The van der Waals surface area contributed by atoms with Crippen LogP contribution in [-0.4, -0.2) is 40.6 Å². The molecule has 1 N–H and O–H groups in total. The van der Waals surface area contributed by atoms with Gasteiger partial charge in [0.05, 0.1) is 5.69 Å². The van der Waals surface area contributed by atoms with Crippen LogP contribution in [0.5, 0.6) is 0 Å². The molecule has 0 spiro atoms. The van der Waals surface area contributed by atoms with Crippen LogP contribution in [0.3, 0.4) is 0 Å². The maximum atomic E-state index is 13.4. The average Bonchev–Trinajstić information content (AvgIpc) is 2.72. The fraction of sp³-hybridized carbons (Fsp3) is 0.318. The number of carbonyl (C=O) groups is 1. The lowest BCUT2D eigenvalue weighted by atomic mass is 9.95. The lowest BCUT2D eigenvalue weighted by Crippen LogP contribution is -2.41. The van der Waals surface area contributed by atoms with Crippen LogP contribution in [0.2, 0.25) is 0 Å². The number of sulfonamides is 1. The molecule has 0 aliphatic carbocycles. The van der Waals surface area contributed by atoms with Crippen molar-refractivity contribution in [3.63, 3.8) is 0 Å². The highest BCUT2D eigenvalue weighted by Gasteiger charge is 2.40. The van der Waals surface area contributed by atoms with Gasteiger partial charge in [0.25, 0.3) is 15.9 Å². The molecular weight excluding hydrogens is 388 g/mol. The molecule has 0 aromatic heterocycles. The van der Waals surface area contributed by atoms with Gasteiger partial charge in [0.15, 0.2) is 4.91 Å². The number of carbonyl (C=O) groups excluding carboxylic acids is 1. The van der Waals surface area contributed by atoms with Crippen LogP contribution in [0.1, 0.15) is 31.4 Å². The molecule has 1 heterocycles. The molecular formula is C22H26N2O4S. The van der Waals surface area contributed by atoms with E-state index >= 15 is 0 Å². The number of benzene rings is 2. The summed E-state index contributed by atoms with van der Waals surface area (Å²) in [5.41, 5.74) is 2.45. The minimum Gasteiger partial charge on any atom is -0.382 e. The number of hydrogen-bond donors (Lipinski definition) is 1. The van der Waals surface area contributed by atoms with E-state index in [1.807, 2.05) is 49.4 Å². The molecule has 0 saturated carbocycles. The van der Waals surface area contributed by atoms with E-state index in [0.29, 0.717) is 43.0 Å². The Balaban J connectivity index is 2.12. The van der Waals surface area contributed by atoms with E-state index in [2.05, 4.69) is 5.32 Å². The molecule has 0 unspecified atom stereocenters. The summed E-state index contributed by atoms with van der Waals surface area (Å²) < 4.78 is 33.5. The van der Waals surface area contributed by atoms with Crippen molar-refractivity contribution >= 4 is 27.2 Å². The number of hydrogen-bond acceptors (Lipinski definition) is 4. The van der Waals surface area contributed by atoms with E-state index in [1.54, 1.807) is 19.1 Å². The van der Waals surface area contributed by atoms with Crippen molar-refractivity contribution < 1.29 is 17.9 Å². The summed E-state index contributed by atoms with van der Waals surface area (Å²) in [5, 5.41) is 2.76. The van der Waals surface area contributed by atoms with E-state index in [9.17, 15) is 13.2 Å². The van der Waals surface area contributed by atoms with Crippen LogP contribution in [-0.2, 0) is 19.6 Å². The van der Waals surface area contributed by atoms with Crippen LogP contribution >= 0.6 is 0 Å². The molecule has 7 heteroatoms. The van der Waals surface area contributed by atoms with E-state index in [1.165, 1.54) is 4.31 Å². The fourth-order valence-corrected chi connectivity index (χ4v) is 5.23. The molecule has 0 fully saturated rings. The summed E-state index contributed by atoms with van der Waals surface area (Å²) in [7, 11) is -4.00. The van der Waals surface area contributed by atoms with Crippen LogP contribution in [0.15, 0.2) is 59.5 Å². The summed E-state index contributed by atoms with van der Waals surface area (Å²) in [6, 6.07) is 16.5. The predicted octanol–water partition coefficient (Wildman–Crippen LogP) is 3.16. The number of rotatable bonds is 8. The summed E-state index contributed by atoms with van der Waals surface area (Å²) >= 11 is 0. The SMILES string of the molecule is CCOCCCNC(=O)C1=C(c2ccccc2)c2ccccc2N(CC)S1(=O)=O. The topological polar surface area (TPSA) is 75.7 Å². The highest BCUT2D eigenvalue weighted by atomic mass is 32.2. The Morgan fingerprint density at radius 2 is 1.72 bits per heavy atom. The van der Waals surface area contributed by atoms with Crippen molar-refractivity contribution in [2.24, 2.45) is 0 Å². The maximum Gasteiger partial charge on any atom is 0.270 e. The second-order valence-electron chi connectivity index (χ2n) is 6.56. The highest BCUT2D eigenvalue weighted by molar-refractivity contribution is 7.97. The van der Waals surface area contributed by atoms with Crippen LogP contribution in [0.4, 0.5) is 5.69 Å². The largest absolute Gasteiger partial charge is 0.382 e. The standard InChI is InChI=1S/C22H26N2O4S/c1-3-24-19-14-9-8-13-18(19)20(17-11-6-5-7-12-17)21(29(24,26)27)22(25)23-15-10-16-28-4-2/h5-9,11-14H,3-4,10,15-16H2,1-2H3,(H,23,25). The summed E-state index contributed by atoms with van der Waals surface area (Å²) in [6.45, 7) is 5.36. The second kappa shape index (κ2) is 9.24. The summed E-state index contributed by atoms with van der Waals surface area (Å²) in [5.74, 6) is -0.590. The van der Waals surface area contributed by atoms with Gasteiger partial charge in [0, 0.05) is 37.4 Å². The molecule has 0 bridgehead atoms. The van der Waals surface area contributed by atoms with Gasteiger partial charge in [-0.3, -0.25) is 9.10 Å². The molecule has 1 aliphatic heterocycles. The number of nitrogens with one attached hydrogen (secondary N) is 1. The van der Waals surface area contributed by atoms with Gasteiger partial charge < -0.3 is 10.1 Å². The molecule has 29 heavy (non-hydrogen) atoms. The zero-order chi connectivity index (χ0) is 20.9. The Bertz CT molecular complexity index is 1000. The lowest BCUT2D eigenvalue weighted by molar-refractivity contribution is -0.116. The van der Waals surface area contributed by atoms with Gasteiger partial charge in [-0.25, -0.2) is 8.42 Å². The first-order valence-electron chi connectivity index (χ1n) is 9.80. The van der Waals surface area contributed by atoms with Gasteiger partial charge in [0.1, 0.15) is 0 Å². The first-order valence-corrected chi connectivity index (χ1v) is 11.2. The van der Waals surface area contributed by atoms with Crippen molar-refractivity contribution in [2.45, 2.75) is 20.3 Å². The van der Waals surface area contributed by atoms with Crippen LogP contribution < -0.4 is 9.62 Å². The molecule has 3 rings (SSSR count). The zero-order valence-corrected chi connectivity index (χ0v) is 17.5. The highest BCUT2D eigenvalue weighted by Crippen LogP contribution is 2.42. The smallest absolute Gasteiger partial charge is 0.270 e. The molecule has 1 aliphatic rings. The number of nitrogens with zero attached hydrogens (tertiary/aromatic N) is 1. The molecule has 1 amide bonds. The molecule has 154 valence electrons. The van der Waals surface area contributed by atoms with E-state index in [0.717, 1.165) is 5.56 Å². The Kier molecular flexibility index (Phi) is 6.71. The van der Waals surface area contributed by atoms with Gasteiger partial charge in [-0.2, -0.15) is 0 Å². The molecule has 0 atom stereocenters. The quantitative estimate of drug-likeness (QED) is 0.674. The van der Waals surface area contributed by atoms with Crippen molar-refractivity contribution in [1.29, 1.82) is 0 Å². The Morgan fingerprint density at radius 3 is 2.41 bits per heavy atom. The first kappa shape index (κ1) is 21.1. The predicted molar refractivity (Wildman–Crippen MR) is 115 cm³/mol. The van der Waals surface area contributed by atoms with Gasteiger partial charge in [-0.15, -0.1) is 0 Å². The van der Waals surface area contributed by atoms with Gasteiger partial charge in [-0.1, -0.05) is 48.5 Å². The van der Waals surface area contributed by atoms with Crippen molar-refractivity contribution in [2.75, 3.05) is 30.6 Å². The van der Waals surface area contributed by atoms with Crippen molar-refractivity contribution in [3.8, 4) is 0 Å². The number of anilines is 1. The van der Waals surface area contributed by atoms with Gasteiger partial charge >= 0.3 is 0 Å². The Morgan fingerprint density at radius 1 is 1.03 bits per heavy atom. The first-order chi connectivity index (χ1) is 14.0. The number of fused-ring (bicyclic) bond motifs is 1. The third kappa shape index (κ3) is 4.21. The number of ether oxygens (including phenoxy) is 1.